The van der Waals surface area contributed by atoms with Crippen LogP contribution in [0.3, 0.4) is 0 Å². The number of carbonyl (C=O) groups is 3. The molecule has 1 fully saturated rings. The van der Waals surface area contributed by atoms with Crippen molar-refractivity contribution < 1.29 is 44.3 Å². The van der Waals surface area contributed by atoms with Crippen molar-refractivity contribution in [2.24, 2.45) is 5.92 Å². The fraction of sp³-hybridized carbons (Fsp3) is 0.786. The molecule has 1 rings (SSSR count). The maximum Gasteiger partial charge on any atom is 0.364 e. The van der Waals surface area contributed by atoms with Crippen molar-refractivity contribution >= 4 is 17.8 Å². The van der Waals surface area contributed by atoms with Crippen LogP contribution in [0.15, 0.2) is 0 Å². The highest BCUT2D eigenvalue weighted by molar-refractivity contribution is 5.80. The molecule has 5 N–H and O–H groups in total. The van der Waals surface area contributed by atoms with Crippen molar-refractivity contribution in [2.45, 2.75) is 57.3 Å². The molecule has 1 saturated heterocycles. The predicted octanol–water partition coefficient (Wildman–Crippen LogP) is -2.03. The fourth-order valence-electron chi connectivity index (χ4n) is 2.55. The molecule has 0 aromatic rings. The summed E-state index contributed by atoms with van der Waals surface area (Å²) in [5.41, 5.74) is 0. The minimum absolute atomic E-state index is 0.343. The second kappa shape index (κ2) is 7.88. The second-order valence-electron chi connectivity index (χ2n) is 5.96. The van der Waals surface area contributed by atoms with Gasteiger partial charge >= 0.3 is 11.9 Å². The normalized spacial score (nSPS) is 32.5. The SMILES string of the molecule is CC(=O)OCC(=O)NC1C(C)CC(O)(C(=O)O)OC1C(O)C(C)O. The lowest BCUT2D eigenvalue weighted by Gasteiger charge is -2.45. The zero-order valence-corrected chi connectivity index (χ0v) is 13.6. The topological polar surface area (TPSA) is 163 Å². The summed E-state index contributed by atoms with van der Waals surface area (Å²) in [5.74, 6) is -6.13. The van der Waals surface area contributed by atoms with E-state index in [0.717, 1.165) is 6.92 Å². The van der Waals surface area contributed by atoms with E-state index in [1.165, 1.54) is 6.92 Å². The molecule has 0 aliphatic carbocycles. The van der Waals surface area contributed by atoms with Crippen LogP contribution >= 0.6 is 0 Å². The van der Waals surface area contributed by atoms with Crippen LogP contribution in [0.4, 0.5) is 0 Å². The van der Waals surface area contributed by atoms with Gasteiger partial charge in [0, 0.05) is 13.3 Å². The smallest absolute Gasteiger partial charge is 0.364 e. The van der Waals surface area contributed by atoms with E-state index >= 15 is 0 Å². The molecule has 0 radical (unpaired) electrons. The lowest BCUT2D eigenvalue weighted by molar-refractivity contribution is -0.287. The lowest BCUT2D eigenvalue weighted by atomic mass is 9.83. The summed E-state index contributed by atoms with van der Waals surface area (Å²) in [6.45, 7) is 3.38. The molecule has 1 aliphatic heterocycles. The molecule has 1 heterocycles. The zero-order chi connectivity index (χ0) is 18.7. The Bertz CT molecular complexity index is 495. The van der Waals surface area contributed by atoms with Gasteiger partial charge in [-0.05, 0) is 12.8 Å². The van der Waals surface area contributed by atoms with Crippen LogP contribution in [0.5, 0.6) is 0 Å². The van der Waals surface area contributed by atoms with E-state index in [9.17, 15) is 29.7 Å². The van der Waals surface area contributed by atoms with Gasteiger partial charge in [-0.3, -0.25) is 9.59 Å². The van der Waals surface area contributed by atoms with Gasteiger partial charge in [0.05, 0.1) is 12.1 Å². The Hall–Kier alpha value is -1.75. The number of aliphatic carboxylic acids is 1. The Balaban J connectivity index is 2.96. The van der Waals surface area contributed by atoms with Gasteiger partial charge < -0.3 is 35.2 Å². The van der Waals surface area contributed by atoms with E-state index in [0.29, 0.717) is 0 Å². The third-order valence-electron chi connectivity index (χ3n) is 3.80. The molecule has 24 heavy (non-hydrogen) atoms. The highest BCUT2D eigenvalue weighted by Crippen LogP contribution is 2.33. The van der Waals surface area contributed by atoms with Crippen LogP contribution in [-0.2, 0) is 23.9 Å². The standard InChI is InChI=1S/C14H23NO9/c1-6-4-14(22,13(20)21)24-12(11(19)7(2)16)10(6)15-9(18)5-23-8(3)17/h6-7,10-12,16,19,22H,4-5H2,1-3H3,(H,15,18)(H,20,21). The average molecular weight is 349 g/mol. The average Bonchev–Trinajstić information content (AvgIpc) is 2.46. The van der Waals surface area contributed by atoms with Gasteiger partial charge in [0.15, 0.2) is 6.61 Å². The number of hydrogen-bond donors (Lipinski definition) is 5. The summed E-state index contributed by atoms with van der Waals surface area (Å²) in [7, 11) is 0. The maximum atomic E-state index is 11.8. The van der Waals surface area contributed by atoms with Crippen molar-refractivity contribution in [3.8, 4) is 0 Å². The molecule has 1 aliphatic rings. The molecule has 0 aromatic carbocycles. The Morgan fingerprint density at radius 3 is 2.42 bits per heavy atom. The molecule has 0 bridgehead atoms. The molecule has 0 saturated carbocycles. The molecule has 10 nitrogen and oxygen atoms in total. The molecular formula is C14H23NO9. The number of esters is 1. The van der Waals surface area contributed by atoms with Crippen molar-refractivity contribution in [3.63, 3.8) is 0 Å². The highest BCUT2D eigenvalue weighted by atomic mass is 16.7. The monoisotopic (exact) mass is 349 g/mol. The Labute approximate surface area is 138 Å². The first-order valence-electron chi connectivity index (χ1n) is 7.40. The van der Waals surface area contributed by atoms with Crippen molar-refractivity contribution in [3.05, 3.63) is 0 Å². The van der Waals surface area contributed by atoms with Crippen LogP contribution in [0.2, 0.25) is 0 Å². The predicted molar refractivity (Wildman–Crippen MR) is 77.5 cm³/mol. The Kier molecular flexibility index (Phi) is 6.67. The largest absolute Gasteiger partial charge is 0.477 e. The highest BCUT2D eigenvalue weighted by Gasteiger charge is 2.52. The maximum absolute atomic E-state index is 11.8. The van der Waals surface area contributed by atoms with Crippen LogP contribution < -0.4 is 5.32 Å². The molecule has 1 amide bonds. The minimum Gasteiger partial charge on any atom is -0.477 e. The molecule has 6 atom stereocenters. The summed E-state index contributed by atoms with van der Waals surface area (Å²) < 4.78 is 9.65. The molecule has 0 spiro atoms. The van der Waals surface area contributed by atoms with E-state index in [1.807, 2.05) is 0 Å². The van der Waals surface area contributed by atoms with E-state index in [1.54, 1.807) is 6.92 Å². The molecule has 0 aromatic heterocycles. The van der Waals surface area contributed by atoms with Crippen LogP contribution in [0.25, 0.3) is 0 Å². The number of ether oxygens (including phenoxy) is 2. The molecule has 6 unspecified atom stereocenters. The first kappa shape index (κ1) is 20.3. The van der Waals surface area contributed by atoms with Crippen molar-refractivity contribution in [2.75, 3.05) is 6.61 Å². The first-order valence-corrected chi connectivity index (χ1v) is 7.40. The van der Waals surface area contributed by atoms with Gasteiger partial charge in [0.2, 0.25) is 0 Å². The molecule has 138 valence electrons. The van der Waals surface area contributed by atoms with Gasteiger partial charge in [-0.25, -0.2) is 4.79 Å². The van der Waals surface area contributed by atoms with Gasteiger partial charge in [-0.15, -0.1) is 0 Å². The van der Waals surface area contributed by atoms with E-state index < -0.39 is 60.5 Å². The number of nitrogens with one attached hydrogen (secondary N) is 1. The third-order valence-corrected chi connectivity index (χ3v) is 3.80. The van der Waals surface area contributed by atoms with Crippen molar-refractivity contribution in [1.29, 1.82) is 0 Å². The lowest BCUT2D eigenvalue weighted by Crippen LogP contribution is -2.65. The number of amides is 1. The van der Waals surface area contributed by atoms with Crippen LogP contribution in [-0.4, -0.2) is 75.0 Å². The summed E-state index contributed by atoms with van der Waals surface area (Å²) in [6, 6.07) is -0.905. The second-order valence-corrected chi connectivity index (χ2v) is 5.96. The third kappa shape index (κ3) is 4.87. The number of carboxylic acid groups (broad SMARTS) is 1. The number of aliphatic hydroxyl groups excluding tert-OH is 2. The number of aliphatic hydroxyl groups is 3. The zero-order valence-electron chi connectivity index (χ0n) is 13.6. The minimum atomic E-state index is -2.54. The van der Waals surface area contributed by atoms with Crippen LogP contribution in [0, 0.1) is 5.92 Å². The summed E-state index contributed by atoms with van der Waals surface area (Å²) in [5, 5.41) is 41.2. The van der Waals surface area contributed by atoms with Crippen LogP contribution in [0.1, 0.15) is 27.2 Å². The summed E-state index contributed by atoms with van der Waals surface area (Å²) >= 11 is 0. The van der Waals surface area contributed by atoms with E-state index in [2.05, 4.69) is 10.1 Å². The van der Waals surface area contributed by atoms with Gasteiger partial charge in [-0.1, -0.05) is 6.92 Å². The quantitative estimate of drug-likeness (QED) is 0.340. The summed E-state index contributed by atoms with van der Waals surface area (Å²) in [4.78, 5) is 33.8. The van der Waals surface area contributed by atoms with Gasteiger partial charge in [-0.2, -0.15) is 0 Å². The Morgan fingerprint density at radius 2 is 1.96 bits per heavy atom. The number of rotatable bonds is 6. The molecular weight excluding hydrogens is 326 g/mol. The Morgan fingerprint density at radius 1 is 1.38 bits per heavy atom. The number of carboxylic acids is 1. The number of hydrogen-bond acceptors (Lipinski definition) is 8. The number of carbonyl (C=O) groups excluding carboxylic acids is 2. The fourth-order valence-corrected chi connectivity index (χ4v) is 2.55. The van der Waals surface area contributed by atoms with Crippen molar-refractivity contribution in [1.82, 2.24) is 5.32 Å². The first-order chi connectivity index (χ1) is 11.0. The van der Waals surface area contributed by atoms with Gasteiger partial charge in [0.25, 0.3) is 11.7 Å². The summed E-state index contributed by atoms with van der Waals surface area (Å²) in [6.07, 6.45) is -4.58. The van der Waals surface area contributed by atoms with E-state index in [4.69, 9.17) is 9.84 Å². The molecule has 10 heteroatoms. The van der Waals surface area contributed by atoms with E-state index in [-0.39, 0.29) is 6.42 Å². The van der Waals surface area contributed by atoms with Gasteiger partial charge in [0.1, 0.15) is 12.2 Å².